The molecule has 0 aliphatic carbocycles. The van der Waals surface area contributed by atoms with Gasteiger partial charge in [0.15, 0.2) is 0 Å². The molecule has 0 amide bonds. The highest BCUT2D eigenvalue weighted by molar-refractivity contribution is 14.1. The predicted octanol–water partition coefficient (Wildman–Crippen LogP) is 1.89. The van der Waals surface area contributed by atoms with Crippen LogP contribution in [0.5, 0.6) is 0 Å². The van der Waals surface area contributed by atoms with Gasteiger partial charge in [-0.3, -0.25) is 9.78 Å². The molecule has 0 spiro atoms. The summed E-state index contributed by atoms with van der Waals surface area (Å²) < 4.78 is 3.06. The fourth-order valence-corrected chi connectivity index (χ4v) is 2.39. The first kappa shape index (κ1) is 11.3. The smallest absolute Gasteiger partial charge is 0.210 e. The normalized spacial score (nSPS) is 12.5. The molecule has 1 aromatic heterocycles. The quantitative estimate of drug-likeness (QED) is 0.476. The average molecular weight is 402 g/mol. The van der Waals surface area contributed by atoms with Crippen LogP contribution in [0.3, 0.4) is 0 Å². The maximum atomic E-state index is 11.1. The van der Waals surface area contributed by atoms with Gasteiger partial charge >= 0.3 is 0 Å². The summed E-state index contributed by atoms with van der Waals surface area (Å²) >= 11 is 3.80. The number of hydrogen-bond donors (Lipinski definition) is 1. The molecule has 3 nitrogen and oxygen atoms in total. The molecule has 0 saturated carbocycles. The highest BCUT2D eigenvalue weighted by Crippen LogP contribution is 2.06. The summed E-state index contributed by atoms with van der Waals surface area (Å²) in [5.74, 6) is 0. The van der Waals surface area contributed by atoms with E-state index in [1.165, 1.54) is 0 Å². The number of hydrogen-bond acceptors (Lipinski definition) is 3. The maximum Gasteiger partial charge on any atom is 0.210 e. The zero-order valence-electron chi connectivity index (χ0n) is 6.71. The molecule has 13 heavy (non-hydrogen) atoms. The highest BCUT2D eigenvalue weighted by atomic mass is 127. The fourth-order valence-electron chi connectivity index (χ4n) is 0.916. The van der Waals surface area contributed by atoms with Gasteiger partial charge in [0, 0.05) is 57.8 Å². The van der Waals surface area contributed by atoms with E-state index in [-0.39, 0.29) is 9.83 Å². The van der Waals surface area contributed by atoms with Gasteiger partial charge in [0.05, 0.1) is 6.04 Å². The van der Waals surface area contributed by atoms with E-state index in [9.17, 15) is 4.79 Å². The first-order valence-corrected chi connectivity index (χ1v) is 5.84. The van der Waals surface area contributed by atoms with Crippen LogP contribution in [0.2, 0.25) is 0 Å². The molecule has 1 atom stereocenters. The number of pyridine rings is 1. The van der Waals surface area contributed by atoms with Crippen molar-refractivity contribution in [1.82, 2.24) is 8.51 Å². The van der Waals surface area contributed by atoms with Gasteiger partial charge in [-0.05, 0) is 18.1 Å². The van der Waals surface area contributed by atoms with Gasteiger partial charge in [-0.1, -0.05) is 6.07 Å². The Morgan fingerprint density at radius 2 is 2.46 bits per heavy atom. The lowest BCUT2D eigenvalue weighted by Crippen LogP contribution is -2.28. The lowest BCUT2D eigenvalue weighted by Gasteiger charge is -2.09. The summed E-state index contributed by atoms with van der Waals surface area (Å²) in [6.45, 7) is 0. The zero-order chi connectivity index (χ0) is 9.68. The van der Waals surface area contributed by atoms with Gasteiger partial charge in [-0.15, -0.1) is 0 Å². The molecule has 0 saturated heterocycles. The minimum atomic E-state index is -0.120. The molecule has 5 heteroatoms. The van der Waals surface area contributed by atoms with Crippen molar-refractivity contribution in [3.05, 3.63) is 30.1 Å². The van der Waals surface area contributed by atoms with Crippen LogP contribution in [0.25, 0.3) is 0 Å². The number of halogens is 2. The number of nitrogens with zero attached hydrogens (tertiary/aromatic N) is 1. The second-order valence-corrected chi connectivity index (χ2v) is 4.22. The fraction of sp³-hybridized carbons (Fsp3) is 0.250. The Labute approximate surface area is 104 Å². The van der Waals surface area contributed by atoms with E-state index in [1.54, 1.807) is 35.0 Å². The molecule has 0 bridgehead atoms. The summed E-state index contributed by atoms with van der Waals surface area (Å²) in [5, 5.41) is 0. The SMILES string of the molecule is O=C(I)[C@H](Cc1cccnc1)NI. The molecule has 0 aliphatic heterocycles. The minimum Gasteiger partial charge on any atom is -0.286 e. The Kier molecular flexibility index (Phi) is 5.10. The Hall–Kier alpha value is 0.240. The molecule has 0 aliphatic rings. The summed E-state index contributed by atoms with van der Waals surface area (Å²) in [6.07, 6.45) is 4.20. The third-order valence-electron chi connectivity index (χ3n) is 1.57. The van der Waals surface area contributed by atoms with Gasteiger partial charge < -0.3 is 0 Å². The van der Waals surface area contributed by atoms with Crippen molar-refractivity contribution < 1.29 is 4.79 Å². The van der Waals surface area contributed by atoms with Crippen LogP contribution in [-0.2, 0) is 11.2 Å². The molecule has 1 aromatic rings. The minimum absolute atomic E-state index is 0.120. The van der Waals surface area contributed by atoms with Crippen molar-refractivity contribution >= 4 is 49.2 Å². The molecule has 0 aromatic carbocycles. The first-order chi connectivity index (χ1) is 6.24. The Morgan fingerprint density at radius 3 is 2.92 bits per heavy atom. The number of aromatic nitrogens is 1. The summed E-state index contributed by atoms with van der Waals surface area (Å²) in [6, 6.07) is 3.72. The Morgan fingerprint density at radius 1 is 1.69 bits per heavy atom. The van der Waals surface area contributed by atoms with Gasteiger partial charge in [-0.2, -0.15) is 0 Å². The topological polar surface area (TPSA) is 42.0 Å². The van der Waals surface area contributed by atoms with Gasteiger partial charge in [-0.25, -0.2) is 3.53 Å². The van der Waals surface area contributed by atoms with Crippen molar-refractivity contribution in [1.29, 1.82) is 0 Å². The first-order valence-electron chi connectivity index (χ1n) is 3.68. The van der Waals surface area contributed by atoms with E-state index in [1.807, 2.05) is 35.0 Å². The van der Waals surface area contributed by atoms with Crippen LogP contribution in [-0.4, -0.2) is 14.8 Å². The summed E-state index contributed by atoms with van der Waals surface area (Å²) in [4.78, 5) is 15.1. The van der Waals surface area contributed by atoms with Crippen molar-refractivity contribution in [2.75, 3.05) is 0 Å². The molecular formula is C8H8I2N2O. The average Bonchev–Trinajstić information content (AvgIpc) is 2.15. The molecular weight excluding hydrogens is 394 g/mol. The van der Waals surface area contributed by atoms with Gasteiger partial charge in [0.25, 0.3) is 0 Å². The molecule has 1 heterocycles. The van der Waals surface area contributed by atoms with Crippen molar-refractivity contribution in [3.63, 3.8) is 0 Å². The van der Waals surface area contributed by atoms with Gasteiger partial charge in [0.1, 0.15) is 0 Å². The third-order valence-corrected chi connectivity index (χ3v) is 3.07. The predicted molar refractivity (Wildman–Crippen MR) is 67.9 cm³/mol. The van der Waals surface area contributed by atoms with Crippen LogP contribution in [0.1, 0.15) is 5.56 Å². The summed E-state index contributed by atoms with van der Waals surface area (Å²) in [7, 11) is 0. The number of rotatable bonds is 4. The van der Waals surface area contributed by atoms with Crippen molar-refractivity contribution in [2.45, 2.75) is 12.5 Å². The number of carbonyl (C=O) groups is 1. The van der Waals surface area contributed by atoms with Crippen molar-refractivity contribution in [3.8, 4) is 0 Å². The van der Waals surface area contributed by atoms with E-state index in [2.05, 4.69) is 8.51 Å². The van der Waals surface area contributed by atoms with Gasteiger partial charge in [0.2, 0.25) is 3.79 Å². The second-order valence-electron chi connectivity index (χ2n) is 2.53. The third kappa shape index (κ3) is 3.86. The molecule has 70 valence electrons. The van der Waals surface area contributed by atoms with Crippen LogP contribution >= 0.6 is 45.5 Å². The molecule has 1 rings (SSSR count). The Bertz CT molecular complexity index is 279. The number of carbonyl (C=O) groups excluding carboxylic acids is 1. The molecule has 1 N–H and O–H groups in total. The van der Waals surface area contributed by atoms with Crippen molar-refractivity contribution in [2.24, 2.45) is 0 Å². The molecule has 0 unspecified atom stereocenters. The summed E-state index contributed by atoms with van der Waals surface area (Å²) in [5.41, 5.74) is 1.07. The van der Waals surface area contributed by atoms with Crippen LogP contribution in [0.4, 0.5) is 0 Å². The monoisotopic (exact) mass is 402 g/mol. The van der Waals surface area contributed by atoms with E-state index in [4.69, 9.17) is 0 Å². The largest absolute Gasteiger partial charge is 0.286 e. The number of nitrogens with one attached hydrogen (secondary N) is 1. The maximum absolute atomic E-state index is 11.1. The second kappa shape index (κ2) is 5.86. The zero-order valence-corrected chi connectivity index (χ0v) is 11.0. The van der Waals surface area contributed by atoms with Crippen LogP contribution in [0, 0.1) is 0 Å². The lowest BCUT2D eigenvalue weighted by atomic mass is 10.1. The highest BCUT2D eigenvalue weighted by Gasteiger charge is 2.13. The van der Waals surface area contributed by atoms with E-state index < -0.39 is 0 Å². The van der Waals surface area contributed by atoms with E-state index in [0.29, 0.717) is 6.42 Å². The Balaban J connectivity index is 2.62. The molecule has 0 fully saturated rings. The standard InChI is InChI=1S/C8H8I2N2O/c9-8(13)7(12-10)4-6-2-1-3-11-5-6/h1-3,5,7,12H,4H2/t7-/m0/s1. The van der Waals surface area contributed by atoms with E-state index >= 15 is 0 Å². The molecule has 0 radical (unpaired) electrons. The van der Waals surface area contributed by atoms with Crippen LogP contribution in [0.15, 0.2) is 24.5 Å². The lowest BCUT2D eigenvalue weighted by molar-refractivity contribution is -0.110. The van der Waals surface area contributed by atoms with Crippen LogP contribution < -0.4 is 3.53 Å². The van der Waals surface area contributed by atoms with E-state index in [0.717, 1.165) is 5.56 Å².